The number of ketones is 1. The number of Topliss-reactive ketones (excluding diaryl/α,β-unsaturated/α-hetero) is 1. The van der Waals surface area contributed by atoms with E-state index in [4.69, 9.17) is 12.6 Å². The highest BCUT2D eigenvalue weighted by molar-refractivity contribution is 6.08. The molecule has 1 aromatic heterocycles. The van der Waals surface area contributed by atoms with Crippen molar-refractivity contribution < 1.29 is 9.53 Å². The van der Waals surface area contributed by atoms with Gasteiger partial charge in [0.15, 0.2) is 5.78 Å². The Hall–Kier alpha value is -2.36. The molecule has 0 atom stereocenters. The lowest BCUT2D eigenvalue weighted by Crippen LogP contribution is -1.98. The third kappa shape index (κ3) is 2.69. The third-order valence-corrected chi connectivity index (χ3v) is 3.74. The van der Waals surface area contributed by atoms with E-state index in [0.29, 0.717) is 18.5 Å². The summed E-state index contributed by atoms with van der Waals surface area (Å²) in [7, 11) is 5.66. The normalized spacial score (nSPS) is 14.7. The predicted molar refractivity (Wildman–Crippen MR) is 87.3 cm³/mol. The molecule has 3 nitrogen and oxygen atoms in total. The molecule has 3 rings (SSSR count). The molecule has 1 aliphatic rings. The number of pyridine rings is 1. The van der Waals surface area contributed by atoms with Crippen molar-refractivity contribution in [2.24, 2.45) is 0 Å². The van der Waals surface area contributed by atoms with E-state index in [2.05, 4.69) is 11.1 Å². The first-order valence-corrected chi connectivity index (χ1v) is 7.33. The molecule has 0 unspecified atom stereocenters. The van der Waals surface area contributed by atoms with Crippen molar-refractivity contribution in [1.29, 1.82) is 0 Å². The number of ether oxygens (including phenoxy) is 1. The van der Waals surface area contributed by atoms with E-state index in [-0.39, 0.29) is 5.78 Å². The Kier molecular flexibility index (Phi) is 4.10. The van der Waals surface area contributed by atoms with Gasteiger partial charge in [-0.25, -0.2) is 0 Å². The lowest BCUT2D eigenvalue weighted by molar-refractivity contribution is 0.101. The first-order valence-electron chi connectivity index (χ1n) is 7.33. The van der Waals surface area contributed by atoms with Crippen molar-refractivity contribution in [3.63, 3.8) is 0 Å². The highest BCUT2D eigenvalue weighted by atomic mass is 16.5. The fraction of sp³-hybridized carbons (Fsp3) is 0.222. The molecule has 0 bridgehead atoms. The van der Waals surface area contributed by atoms with Gasteiger partial charge in [0.1, 0.15) is 12.4 Å². The number of allylic oxidation sites excluding steroid dienone is 1. The summed E-state index contributed by atoms with van der Waals surface area (Å²) >= 11 is 0. The van der Waals surface area contributed by atoms with Crippen molar-refractivity contribution in [2.75, 3.05) is 0 Å². The van der Waals surface area contributed by atoms with Crippen LogP contribution in [-0.4, -0.2) is 18.6 Å². The van der Waals surface area contributed by atoms with Gasteiger partial charge in [-0.05, 0) is 43.2 Å². The molecule has 4 heteroatoms. The summed E-state index contributed by atoms with van der Waals surface area (Å²) in [6.45, 7) is 1.99. The molecule has 2 radical (unpaired) electrons. The molecular weight excluding hydrogens is 273 g/mol. The molecule has 2 aromatic rings. The second kappa shape index (κ2) is 6.18. The van der Waals surface area contributed by atoms with E-state index >= 15 is 0 Å². The highest BCUT2D eigenvalue weighted by Crippen LogP contribution is 2.37. The number of hydrogen-bond acceptors (Lipinski definition) is 3. The van der Waals surface area contributed by atoms with Crippen LogP contribution in [0.4, 0.5) is 0 Å². The molecule has 0 N–H and O–H groups in total. The van der Waals surface area contributed by atoms with Crippen LogP contribution in [0.15, 0.2) is 42.6 Å². The topological polar surface area (TPSA) is 39.2 Å². The molecule has 0 fully saturated rings. The SMILES string of the molecule is [B]CC/C=C1/c2cc(C(C)=O)ccc2OCc2ncccc21. The molecule has 1 aromatic carbocycles. The second-order valence-electron chi connectivity index (χ2n) is 5.25. The molecule has 0 saturated carbocycles. The maximum atomic E-state index is 11.7. The summed E-state index contributed by atoms with van der Waals surface area (Å²) in [5.74, 6) is 0.808. The summed E-state index contributed by atoms with van der Waals surface area (Å²) < 4.78 is 5.87. The Morgan fingerprint density at radius 1 is 1.36 bits per heavy atom. The smallest absolute Gasteiger partial charge is 0.159 e. The minimum atomic E-state index is 0.0385. The molecule has 108 valence electrons. The van der Waals surface area contributed by atoms with Crippen LogP contribution in [0.25, 0.3) is 5.57 Å². The minimum Gasteiger partial charge on any atom is -0.487 e. The van der Waals surface area contributed by atoms with E-state index in [0.717, 1.165) is 34.6 Å². The van der Waals surface area contributed by atoms with Crippen molar-refractivity contribution in [2.45, 2.75) is 26.3 Å². The molecule has 0 amide bonds. The van der Waals surface area contributed by atoms with Crippen molar-refractivity contribution in [3.05, 3.63) is 65.0 Å². The van der Waals surface area contributed by atoms with Crippen LogP contribution in [0, 0.1) is 0 Å². The van der Waals surface area contributed by atoms with Crippen molar-refractivity contribution in [3.8, 4) is 5.75 Å². The van der Waals surface area contributed by atoms with Crippen LogP contribution in [-0.2, 0) is 6.61 Å². The van der Waals surface area contributed by atoms with Crippen molar-refractivity contribution in [1.82, 2.24) is 4.98 Å². The van der Waals surface area contributed by atoms with E-state index in [1.54, 1.807) is 19.2 Å². The quantitative estimate of drug-likeness (QED) is 0.640. The Balaban J connectivity index is 2.21. The number of hydrogen-bond donors (Lipinski definition) is 0. The number of aromatic nitrogens is 1. The number of rotatable bonds is 3. The molecule has 0 spiro atoms. The van der Waals surface area contributed by atoms with E-state index in [1.807, 2.05) is 24.3 Å². The van der Waals surface area contributed by atoms with Gasteiger partial charge in [0.2, 0.25) is 0 Å². The zero-order valence-corrected chi connectivity index (χ0v) is 12.5. The van der Waals surface area contributed by atoms with Gasteiger partial charge in [-0.15, -0.1) is 0 Å². The van der Waals surface area contributed by atoms with Gasteiger partial charge in [0.25, 0.3) is 0 Å². The molecule has 2 heterocycles. The van der Waals surface area contributed by atoms with Crippen LogP contribution in [0.1, 0.15) is 40.5 Å². The fourth-order valence-electron chi connectivity index (χ4n) is 2.62. The highest BCUT2D eigenvalue weighted by Gasteiger charge is 2.20. The maximum absolute atomic E-state index is 11.7. The van der Waals surface area contributed by atoms with Gasteiger partial charge in [0, 0.05) is 22.9 Å². The zero-order chi connectivity index (χ0) is 15.5. The number of nitrogens with zero attached hydrogens (tertiary/aromatic N) is 1. The lowest BCUT2D eigenvalue weighted by Gasteiger charge is -2.11. The number of carbonyl (C=O) groups is 1. The fourth-order valence-corrected chi connectivity index (χ4v) is 2.62. The summed E-state index contributed by atoms with van der Waals surface area (Å²) in [6.07, 6.45) is 5.19. The number of fused-ring (bicyclic) bond motifs is 2. The van der Waals surface area contributed by atoms with Crippen LogP contribution >= 0.6 is 0 Å². The Morgan fingerprint density at radius 3 is 3.00 bits per heavy atom. The molecule has 0 saturated heterocycles. The van der Waals surface area contributed by atoms with Crippen LogP contribution in [0.5, 0.6) is 5.75 Å². The first kappa shape index (κ1) is 14.6. The predicted octanol–water partition coefficient (Wildman–Crippen LogP) is 3.59. The van der Waals surface area contributed by atoms with E-state index < -0.39 is 0 Å². The summed E-state index contributed by atoms with van der Waals surface area (Å²) in [5, 5.41) is 0. The Labute approximate surface area is 131 Å². The zero-order valence-electron chi connectivity index (χ0n) is 12.5. The first-order chi connectivity index (χ1) is 10.7. The van der Waals surface area contributed by atoms with Crippen molar-refractivity contribution >= 4 is 19.2 Å². The van der Waals surface area contributed by atoms with Gasteiger partial charge in [-0.1, -0.05) is 18.5 Å². The van der Waals surface area contributed by atoms with E-state index in [9.17, 15) is 4.79 Å². The van der Waals surface area contributed by atoms with Gasteiger partial charge < -0.3 is 4.74 Å². The molecule has 1 aliphatic heterocycles. The molecular formula is C18H16BNO2. The monoisotopic (exact) mass is 289 g/mol. The summed E-state index contributed by atoms with van der Waals surface area (Å²) in [6, 6.07) is 9.49. The second-order valence-corrected chi connectivity index (χ2v) is 5.25. The Bertz CT molecular complexity index is 753. The third-order valence-electron chi connectivity index (χ3n) is 3.74. The lowest BCUT2D eigenvalue weighted by atomic mass is 9.92. The van der Waals surface area contributed by atoms with Gasteiger partial charge >= 0.3 is 0 Å². The largest absolute Gasteiger partial charge is 0.487 e. The Morgan fingerprint density at radius 2 is 2.23 bits per heavy atom. The number of carbonyl (C=O) groups excluding carboxylic acids is 1. The number of benzene rings is 1. The standard InChI is InChI=1S/C18H16BNO2/c1-12(21)13-6-7-18-16(10-13)14(4-2-8-19)15-5-3-9-20-17(15)11-22-18/h3-7,9-10H,2,8,11H2,1H3/b14-4+. The molecule has 22 heavy (non-hydrogen) atoms. The van der Waals surface area contributed by atoms with E-state index in [1.165, 1.54) is 0 Å². The van der Waals surface area contributed by atoms with Crippen LogP contribution < -0.4 is 4.74 Å². The maximum Gasteiger partial charge on any atom is 0.159 e. The average molecular weight is 289 g/mol. The molecule has 0 aliphatic carbocycles. The van der Waals surface area contributed by atoms with Crippen LogP contribution in [0.3, 0.4) is 0 Å². The van der Waals surface area contributed by atoms with Gasteiger partial charge in [-0.3, -0.25) is 9.78 Å². The van der Waals surface area contributed by atoms with Gasteiger partial charge in [-0.2, -0.15) is 0 Å². The summed E-state index contributed by atoms with van der Waals surface area (Å²) in [4.78, 5) is 16.1. The van der Waals surface area contributed by atoms with Gasteiger partial charge in [0.05, 0.1) is 13.5 Å². The minimum absolute atomic E-state index is 0.0385. The summed E-state index contributed by atoms with van der Waals surface area (Å²) in [5.41, 5.74) is 4.56. The average Bonchev–Trinajstić information content (AvgIpc) is 2.69. The van der Waals surface area contributed by atoms with Crippen LogP contribution in [0.2, 0.25) is 6.32 Å².